The molecule has 0 saturated carbocycles. The standard InChI is InChI=1S/C4H6N2O.C4H6N2.CH4/c1-6-3-2-5-4(6)7;1-4-2-5-3-6-4;/h2-3H,1H3,(H,5,7);2-3H,1H3,(H,5,6);1H4. The van der Waals surface area contributed by atoms with Crippen molar-refractivity contribution in [2.75, 3.05) is 0 Å². The highest BCUT2D eigenvalue weighted by Crippen LogP contribution is 1.81. The Labute approximate surface area is 82.8 Å². The quantitative estimate of drug-likeness (QED) is 0.661. The number of aromatic nitrogens is 4. The van der Waals surface area contributed by atoms with Gasteiger partial charge in [-0.2, -0.15) is 0 Å². The largest absolute Gasteiger partial charge is 0.349 e. The van der Waals surface area contributed by atoms with Crippen molar-refractivity contribution >= 4 is 0 Å². The highest BCUT2D eigenvalue weighted by atomic mass is 16.1. The Morgan fingerprint density at radius 1 is 1.43 bits per heavy atom. The molecule has 2 aromatic rings. The number of H-pyrrole nitrogens is 2. The minimum atomic E-state index is -0.0694. The monoisotopic (exact) mass is 196 g/mol. The first-order valence-electron chi connectivity index (χ1n) is 3.85. The lowest BCUT2D eigenvalue weighted by Gasteiger charge is -1.76. The van der Waals surface area contributed by atoms with Gasteiger partial charge in [-0.25, -0.2) is 9.78 Å². The summed E-state index contributed by atoms with van der Waals surface area (Å²) in [6, 6.07) is 0. The van der Waals surface area contributed by atoms with Crippen molar-refractivity contribution in [1.29, 1.82) is 0 Å². The van der Waals surface area contributed by atoms with Gasteiger partial charge in [0, 0.05) is 31.3 Å². The van der Waals surface area contributed by atoms with E-state index in [4.69, 9.17) is 0 Å². The van der Waals surface area contributed by atoms with Gasteiger partial charge in [0.25, 0.3) is 0 Å². The second-order valence-corrected chi connectivity index (χ2v) is 2.61. The van der Waals surface area contributed by atoms with Crippen molar-refractivity contribution in [3.05, 3.63) is 41.1 Å². The van der Waals surface area contributed by atoms with Crippen molar-refractivity contribution in [3.8, 4) is 0 Å². The van der Waals surface area contributed by atoms with E-state index in [-0.39, 0.29) is 13.1 Å². The fourth-order valence-corrected chi connectivity index (χ4v) is 0.715. The predicted octanol–water partition coefficient (Wildman–Crippen LogP) is 1.07. The topological polar surface area (TPSA) is 66.5 Å². The number of aromatic amines is 2. The van der Waals surface area contributed by atoms with Gasteiger partial charge in [-0.15, -0.1) is 0 Å². The molecule has 0 aliphatic heterocycles. The van der Waals surface area contributed by atoms with Crippen molar-refractivity contribution in [2.24, 2.45) is 7.05 Å². The van der Waals surface area contributed by atoms with Crippen LogP contribution in [0.15, 0.2) is 29.7 Å². The second-order valence-electron chi connectivity index (χ2n) is 2.61. The Bertz CT molecular complexity index is 385. The van der Waals surface area contributed by atoms with Crippen LogP contribution in [0, 0.1) is 6.92 Å². The van der Waals surface area contributed by atoms with E-state index in [9.17, 15) is 4.79 Å². The van der Waals surface area contributed by atoms with E-state index < -0.39 is 0 Å². The Morgan fingerprint density at radius 3 is 2.29 bits per heavy atom. The lowest BCUT2D eigenvalue weighted by Crippen LogP contribution is -2.10. The summed E-state index contributed by atoms with van der Waals surface area (Å²) < 4.78 is 1.47. The molecule has 0 radical (unpaired) electrons. The van der Waals surface area contributed by atoms with Crippen LogP contribution in [0.25, 0.3) is 0 Å². The van der Waals surface area contributed by atoms with E-state index in [0.717, 1.165) is 5.69 Å². The van der Waals surface area contributed by atoms with Gasteiger partial charge in [0.05, 0.1) is 6.33 Å². The first-order valence-corrected chi connectivity index (χ1v) is 3.85. The van der Waals surface area contributed by atoms with Gasteiger partial charge in [0.2, 0.25) is 0 Å². The summed E-state index contributed by atoms with van der Waals surface area (Å²) in [6.45, 7) is 1.97. The molecule has 0 aromatic carbocycles. The smallest absolute Gasteiger partial charge is 0.325 e. The molecule has 2 rings (SSSR count). The van der Waals surface area contributed by atoms with Crippen molar-refractivity contribution in [2.45, 2.75) is 14.4 Å². The first kappa shape index (κ1) is 12.2. The maximum atomic E-state index is 10.3. The number of aryl methyl sites for hydroxylation is 2. The van der Waals surface area contributed by atoms with Crippen LogP contribution < -0.4 is 5.69 Å². The highest BCUT2D eigenvalue weighted by Gasteiger charge is 1.80. The van der Waals surface area contributed by atoms with E-state index in [1.807, 2.05) is 6.92 Å². The molecule has 0 unspecified atom stereocenters. The SMILES string of the molecule is C.Cc1cnc[nH]1.Cn1cc[nH]c1=O. The van der Waals surface area contributed by atoms with Gasteiger partial charge in [-0.1, -0.05) is 7.43 Å². The molecule has 0 spiro atoms. The van der Waals surface area contributed by atoms with Crippen molar-refractivity contribution in [1.82, 2.24) is 19.5 Å². The van der Waals surface area contributed by atoms with Crippen LogP contribution in [0.1, 0.15) is 13.1 Å². The normalized spacial score (nSPS) is 8.43. The van der Waals surface area contributed by atoms with Gasteiger partial charge in [0.15, 0.2) is 0 Å². The zero-order chi connectivity index (χ0) is 9.68. The number of rotatable bonds is 0. The average molecular weight is 196 g/mol. The summed E-state index contributed by atoms with van der Waals surface area (Å²) in [6.07, 6.45) is 6.71. The zero-order valence-electron chi connectivity index (χ0n) is 7.61. The summed E-state index contributed by atoms with van der Waals surface area (Å²) in [5.41, 5.74) is 1.04. The molecule has 2 aromatic heterocycles. The molecule has 5 heteroatoms. The minimum Gasteiger partial charge on any atom is -0.349 e. The number of nitrogens with zero attached hydrogens (tertiary/aromatic N) is 2. The third-order valence-corrected chi connectivity index (χ3v) is 1.46. The molecule has 78 valence electrons. The molecule has 5 nitrogen and oxygen atoms in total. The summed E-state index contributed by atoms with van der Waals surface area (Å²) in [5, 5.41) is 0. The fourth-order valence-electron chi connectivity index (χ4n) is 0.715. The van der Waals surface area contributed by atoms with Crippen LogP contribution in [0.5, 0.6) is 0 Å². The lowest BCUT2D eigenvalue weighted by molar-refractivity contribution is 0.862. The van der Waals surface area contributed by atoms with Crippen molar-refractivity contribution < 1.29 is 0 Å². The summed E-state index contributed by atoms with van der Waals surface area (Å²) in [4.78, 5) is 19.5. The third kappa shape index (κ3) is 3.75. The van der Waals surface area contributed by atoms with Gasteiger partial charge in [0.1, 0.15) is 0 Å². The number of nitrogens with one attached hydrogen (secondary N) is 2. The highest BCUT2D eigenvalue weighted by molar-refractivity contribution is 4.87. The molecular formula is C9H16N4O. The summed E-state index contributed by atoms with van der Waals surface area (Å²) in [5.74, 6) is 0. The fraction of sp³-hybridized carbons (Fsp3) is 0.333. The minimum absolute atomic E-state index is 0. The molecule has 2 heterocycles. The molecular weight excluding hydrogens is 180 g/mol. The molecule has 0 fully saturated rings. The Hall–Kier alpha value is -1.78. The van der Waals surface area contributed by atoms with Crippen LogP contribution in [-0.4, -0.2) is 19.5 Å². The van der Waals surface area contributed by atoms with Crippen molar-refractivity contribution in [3.63, 3.8) is 0 Å². The molecule has 0 amide bonds. The van der Waals surface area contributed by atoms with E-state index in [1.165, 1.54) is 4.57 Å². The number of hydrogen-bond acceptors (Lipinski definition) is 2. The van der Waals surface area contributed by atoms with Crippen LogP contribution >= 0.6 is 0 Å². The van der Waals surface area contributed by atoms with Gasteiger partial charge < -0.3 is 14.5 Å². The molecule has 14 heavy (non-hydrogen) atoms. The van der Waals surface area contributed by atoms with E-state index in [1.54, 1.807) is 32.0 Å². The molecule has 0 bridgehead atoms. The third-order valence-electron chi connectivity index (χ3n) is 1.46. The zero-order valence-corrected chi connectivity index (χ0v) is 7.61. The number of imidazole rings is 2. The molecule has 0 aliphatic rings. The van der Waals surface area contributed by atoms with Gasteiger partial charge in [-0.3, -0.25) is 0 Å². The number of hydrogen-bond donors (Lipinski definition) is 2. The maximum Gasteiger partial charge on any atom is 0.325 e. The lowest BCUT2D eigenvalue weighted by atomic mass is 10.6. The maximum absolute atomic E-state index is 10.3. The van der Waals surface area contributed by atoms with Gasteiger partial charge >= 0.3 is 5.69 Å². The molecule has 0 atom stereocenters. The summed E-state index contributed by atoms with van der Waals surface area (Å²) in [7, 11) is 1.69. The van der Waals surface area contributed by atoms with Crippen LogP contribution in [-0.2, 0) is 7.05 Å². The van der Waals surface area contributed by atoms with Crippen LogP contribution in [0.4, 0.5) is 0 Å². The Kier molecular flexibility index (Phi) is 5.06. The van der Waals surface area contributed by atoms with E-state index in [0.29, 0.717) is 0 Å². The average Bonchev–Trinajstić information content (AvgIpc) is 2.67. The molecule has 2 N–H and O–H groups in total. The van der Waals surface area contributed by atoms with Crippen LogP contribution in [0.2, 0.25) is 0 Å². The first-order chi connectivity index (χ1) is 6.20. The Morgan fingerprint density at radius 2 is 2.14 bits per heavy atom. The van der Waals surface area contributed by atoms with E-state index >= 15 is 0 Å². The summed E-state index contributed by atoms with van der Waals surface area (Å²) >= 11 is 0. The predicted molar refractivity (Wildman–Crippen MR) is 56.1 cm³/mol. The Balaban J connectivity index is 0.000000227. The van der Waals surface area contributed by atoms with E-state index in [2.05, 4.69) is 15.0 Å². The molecule has 0 saturated heterocycles. The second kappa shape index (κ2) is 5.80. The van der Waals surface area contributed by atoms with Gasteiger partial charge in [-0.05, 0) is 6.92 Å². The molecule has 0 aliphatic carbocycles. The van der Waals surface area contributed by atoms with Crippen LogP contribution in [0.3, 0.4) is 0 Å².